The maximum absolute atomic E-state index is 12.0. The number of carbonyl (C=O) groups is 2. The summed E-state index contributed by atoms with van der Waals surface area (Å²) in [6, 6.07) is 6.60. The SMILES string of the molecule is CC(C)(CC(=O)O)CC(=O)Nc1ccc(N2CCCS2(=O)=O)cc1. The van der Waals surface area contributed by atoms with Crippen molar-refractivity contribution in [2.75, 3.05) is 21.9 Å². The molecule has 1 fully saturated rings. The van der Waals surface area contributed by atoms with Crippen LogP contribution in [0.5, 0.6) is 0 Å². The predicted molar refractivity (Wildman–Crippen MR) is 91.5 cm³/mol. The molecule has 24 heavy (non-hydrogen) atoms. The largest absolute Gasteiger partial charge is 0.481 e. The van der Waals surface area contributed by atoms with Gasteiger partial charge in [0.25, 0.3) is 0 Å². The Hall–Kier alpha value is -2.09. The first-order chi connectivity index (χ1) is 11.1. The summed E-state index contributed by atoms with van der Waals surface area (Å²) in [6.07, 6.45) is 0.604. The number of anilines is 2. The molecule has 0 unspecified atom stereocenters. The Morgan fingerprint density at radius 1 is 1.21 bits per heavy atom. The van der Waals surface area contributed by atoms with Crippen LogP contribution >= 0.6 is 0 Å². The van der Waals surface area contributed by atoms with Gasteiger partial charge in [0.15, 0.2) is 0 Å². The minimum atomic E-state index is -3.22. The van der Waals surface area contributed by atoms with E-state index in [9.17, 15) is 18.0 Å². The zero-order chi connectivity index (χ0) is 18.0. The van der Waals surface area contributed by atoms with Crippen LogP contribution in [-0.2, 0) is 19.6 Å². The number of carbonyl (C=O) groups excluding carboxylic acids is 1. The van der Waals surface area contributed by atoms with Gasteiger partial charge < -0.3 is 10.4 Å². The Labute approximate surface area is 141 Å². The molecule has 0 spiro atoms. The van der Waals surface area contributed by atoms with Crippen LogP contribution in [0.2, 0.25) is 0 Å². The molecule has 1 aromatic rings. The maximum Gasteiger partial charge on any atom is 0.303 e. The number of aliphatic carboxylic acids is 1. The lowest BCUT2D eigenvalue weighted by molar-refractivity contribution is -0.139. The minimum Gasteiger partial charge on any atom is -0.481 e. The first-order valence-electron chi connectivity index (χ1n) is 7.71. The molecule has 0 aromatic heterocycles. The second-order valence-electron chi connectivity index (χ2n) is 6.75. The van der Waals surface area contributed by atoms with Gasteiger partial charge in [-0.05, 0) is 36.1 Å². The topological polar surface area (TPSA) is 104 Å². The van der Waals surface area contributed by atoms with E-state index in [0.29, 0.717) is 24.3 Å². The van der Waals surface area contributed by atoms with Crippen molar-refractivity contribution in [2.24, 2.45) is 5.41 Å². The molecule has 1 heterocycles. The van der Waals surface area contributed by atoms with Gasteiger partial charge in [-0.2, -0.15) is 0 Å². The second kappa shape index (κ2) is 6.80. The van der Waals surface area contributed by atoms with E-state index in [1.165, 1.54) is 4.31 Å². The number of amides is 1. The van der Waals surface area contributed by atoms with Crippen molar-refractivity contribution in [1.82, 2.24) is 0 Å². The van der Waals surface area contributed by atoms with Crippen LogP contribution in [0.4, 0.5) is 11.4 Å². The van der Waals surface area contributed by atoms with E-state index >= 15 is 0 Å². The monoisotopic (exact) mass is 354 g/mol. The Kier molecular flexibility index (Phi) is 5.17. The van der Waals surface area contributed by atoms with Crippen molar-refractivity contribution < 1.29 is 23.1 Å². The number of nitrogens with zero attached hydrogens (tertiary/aromatic N) is 1. The average molecular weight is 354 g/mol. The van der Waals surface area contributed by atoms with E-state index in [-0.39, 0.29) is 24.5 Å². The minimum absolute atomic E-state index is 0.0849. The highest BCUT2D eigenvalue weighted by atomic mass is 32.2. The molecule has 1 aliphatic heterocycles. The van der Waals surface area contributed by atoms with E-state index in [4.69, 9.17) is 5.11 Å². The summed E-state index contributed by atoms with van der Waals surface area (Å²) in [5, 5.41) is 11.6. The number of sulfonamides is 1. The molecule has 132 valence electrons. The van der Waals surface area contributed by atoms with Gasteiger partial charge in [0.05, 0.1) is 17.9 Å². The van der Waals surface area contributed by atoms with Crippen LogP contribution in [0, 0.1) is 5.41 Å². The average Bonchev–Trinajstić information content (AvgIpc) is 2.76. The lowest BCUT2D eigenvalue weighted by atomic mass is 9.85. The van der Waals surface area contributed by atoms with Gasteiger partial charge in [-0.25, -0.2) is 8.42 Å². The third-order valence-electron chi connectivity index (χ3n) is 3.81. The molecule has 1 amide bonds. The third-order valence-corrected chi connectivity index (χ3v) is 5.68. The van der Waals surface area contributed by atoms with Crippen molar-refractivity contribution in [3.05, 3.63) is 24.3 Å². The second-order valence-corrected chi connectivity index (χ2v) is 8.76. The standard InChI is InChI=1S/C16H22N2O5S/c1-16(2,11-15(20)21)10-14(19)17-12-4-6-13(7-5-12)18-8-3-9-24(18,22)23/h4-7H,3,8-11H2,1-2H3,(H,17,19)(H,20,21). The third kappa shape index (κ3) is 4.70. The Morgan fingerprint density at radius 3 is 2.33 bits per heavy atom. The highest BCUT2D eigenvalue weighted by Crippen LogP contribution is 2.27. The fraction of sp³-hybridized carbons (Fsp3) is 0.500. The highest BCUT2D eigenvalue weighted by Gasteiger charge is 2.28. The lowest BCUT2D eigenvalue weighted by Gasteiger charge is -2.21. The van der Waals surface area contributed by atoms with Crippen molar-refractivity contribution in [2.45, 2.75) is 33.1 Å². The molecule has 7 nitrogen and oxygen atoms in total. The fourth-order valence-corrected chi connectivity index (χ4v) is 4.32. The molecule has 0 radical (unpaired) electrons. The van der Waals surface area contributed by atoms with Gasteiger partial charge in [-0.1, -0.05) is 13.8 Å². The van der Waals surface area contributed by atoms with E-state index in [0.717, 1.165) is 0 Å². The summed E-state index contributed by atoms with van der Waals surface area (Å²) in [5.41, 5.74) is 0.489. The Bertz CT molecular complexity index is 725. The van der Waals surface area contributed by atoms with Crippen LogP contribution < -0.4 is 9.62 Å². The zero-order valence-electron chi connectivity index (χ0n) is 13.8. The van der Waals surface area contributed by atoms with E-state index in [2.05, 4.69) is 5.32 Å². The number of hydrogen-bond acceptors (Lipinski definition) is 4. The normalized spacial score (nSPS) is 16.8. The summed E-state index contributed by atoms with van der Waals surface area (Å²) < 4.78 is 25.1. The fourth-order valence-electron chi connectivity index (χ4n) is 2.75. The van der Waals surface area contributed by atoms with Crippen LogP contribution in [-0.4, -0.2) is 37.7 Å². The van der Waals surface area contributed by atoms with Gasteiger partial charge >= 0.3 is 5.97 Å². The molecule has 2 N–H and O–H groups in total. The molecule has 0 saturated carbocycles. The summed E-state index contributed by atoms with van der Waals surface area (Å²) in [7, 11) is -3.22. The molecular weight excluding hydrogens is 332 g/mol. The summed E-state index contributed by atoms with van der Waals surface area (Å²) >= 11 is 0. The van der Waals surface area contributed by atoms with Crippen molar-refractivity contribution >= 4 is 33.3 Å². The van der Waals surface area contributed by atoms with Gasteiger partial charge in [-0.15, -0.1) is 0 Å². The predicted octanol–water partition coefficient (Wildman–Crippen LogP) is 2.06. The lowest BCUT2D eigenvalue weighted by Crippen LogP contribution is -2.25. The van der Waals surface area contributed by atoms with Crippen molar-refractivity contribution in [1.29, 1.82) is 0 Å². The van der Waals surface area contributed by atoms with E-state index < -0.39 is 21.4 Å². The van der Waals surface area contributed by atoms with E-state index in [1.807, 2.05) is 0 Å². The molecule has 0 bridgehead atoms. The quantitative estimate of drug-likeness (QED) is 0.814. The number of rotatable bonds is 6. The van der Waals surface area contributed by atoms with Crippen LogP contribution in [0.15, 0.2) is 24.3 Å². The summed E-state index contributed by atoms with van der Waals surface area (Å²) in [5.74, 6) is -1.06. The Balaban J connectivity index is 1.99. The number of hydrogen-bond donors (Lipinski definition) is 2. The summed E-state index contributed by atoms with van der Waals surface area (Å²) in [6.45, 7) is 3.92. The maximum atomic E-state index is 12.0. The van der Waals surface area contributed by atoms with E-state index in [1.54, 1.807) is 38.1 Å². The Morgan fingerprint density at radius 2 is 1.83 bits per heavy atom. The van der Waals surface area contributed by atoms with Crippen LogP contribution in [0.3, 0.4) is 0 Å². The number of nitrogens with one attached hydrogen (secondary N) is 1. The van der Waals surface area contributed by atoms with Crippen molar-refractivity contribution in [3.63, 3.8) is 0 Å². The van der Waals surface area contributed by atoms with Gasteiger partial charge in [0.1, 0.15) is 0 Å². The zero-order valence-corrected chi connectivity index (χ0v) is 14.6. The smallest absolute Gasteiger partial charge is 0.303 e. The number of benzene rings is 1. The number of carboxylic acid groups (broad SMARTS) is 1. The van der Waals surface area contributed by atoms with Gasteiger partial charge in [0.2, 0.25) is 15.9 Å². The first kappa shape index (κ1) is 18.3. The highest BCUT2D eigenvalue weighted by molar-refractivity contribution is 7.93. The molecule has 1 saturated heterocycles. The summed E-state index contributed by atoms with van der Waals surface area (Å²) in [4.78, 5) is 22.8. The van der Waals surface area contributed by atoms with Gasteiger partial charge in [0, 0.05) is 18.7 Å². The van der Waals surface area contributed by atoms with Crippen LogP contribution in [0.25, 0.3) is 0 Å². The molecule has 1 aliphatic rings. The number of carboxylic acids is 1. The first-order valence-corrected chi connectivity index (χ1v) is 9.32. The molecule has 0 aliphatic carbocycles. The molecule has 8 heteroatoms. The molecule has 2 rings (SSSR count). The van der Waals surface area contributed by atoms with Gasteiger partial charge in [-0.3, -0.25) is 13.9 Å². The van der Waals surface area contributed by atoms with Crippen LogP contribution in [0.1, 0.15) is 33.1 Å². The van der Waals surface area contributed by atoms with Crippen molar-refractivity contribution in [3.8, 4) is 0 Å². The molecule has 1 aromatic carbocycles. The molecule has 0 atom stereocenters. The molecular formula is C16H22N2O5S.